The van der Waals surface area contributed by atoms with Gasteiger partial charge < -0.3 is 4.84 Å². The average molecular weight is 247 g/mol. The number of hydrogen-bond acceptors (Lipinski definition) is 4. The zero-order chi connectivity index (χ0) is 13.7. The van der Waals surface area contributed by atoms with Gasteiger partial charge in [-0.25, -0.2) is 4.79 Å². The first kappa shape index (κ1) is 14.1. The van der Waals surface area contributed by atoms with E-state index in [0.29, 0.717) is 16.9 Å². The van der Waals surface area contributed by atoms with Gasteiger partial charge >= 0.3 is 5.97 Å². The van der Waals surface area contributed by atoms with Crippen molar-refractivity contribution in [2.45, 2.75) is 27.7 Å². The van der Waals surface area contributed by atoms with Crippen molar-refractivity contribution in [2.75, 3.05) is 0 Å². The van der Waals surface area contributed by atoms with Gasteiger partial charge in [0.15, 0.2) is 5.78 Å². The summed E-state index contributed by atoms with van der Waals surface area (Å²) in [6.07, 6.45) is 6.04. The van der Waals surface area contributed by atoms with Crippen LogP contribution in [0.25, 0.3) is 0 Å². The van der Waals surface area contributed by atoms with Gasteiger partial charge in [-0.1, -0.05) is 25.1 Å². The van der Waals surface area contributed by atoms with Crippen LogP contribution >= 0.6 is 0 Å². The number of carbonyl (C=O) groups is 2. The highest BCUT2D eigenvalue weighted by Crippen LogP contribution is 2.19. The predicted molar refractivity (Wildman–Crippen MR) is 70.0 cm³/mol. The summed E-state index contributed by atoms with van der Waals surface area (Å²) in [7, 11) is 0. The van der Waals surface area contributed by atoms with Crippen molar-refractivity contribution in [3.8, 4) is 0 Å². The quantitative estimate of drug-likeness (QED) is 0.333. The molecule has 0 aromatic heterocycles. The van der Waals surface area contributed by atoms with Crippen molar-refractivity contribution in [1.29, 1.82) is 0 Å². The second kappa shape index (κ2) is 6.10. The minimum Gasteiger partial charge on any atom is -0.313 e. The number of oxime groups is 1. The summed E-state index contributed by atoms with van der Waals surface area (Å²) in [5.74, 6) is -0.436. The molecule has 0 atom stereocenters. The van der Waals surface area contributed by atoms with Gasteiger partial charge in [0.25, 0.3) is 0 Å². The third-order valence-corrected chi connectivity index (χ3v) is 2.49. The highest BCUT2D eigenvalue weighted by atomic mass is 16.7. The van der Waals surface area contributed by atoms with Crippen LogP contribution < -0.4 is 0 Å². The number of allylic oxidation sites excluding steroid dienone is 5. The first-order valence-corrected chi connectivity index (χ1v) is 5.82. The van der Waals surface area contributed by atoms with E-state index in [1.165, 1.54) is 12.2 Å². The third kappa shape index (κ3) is 3.52. The van der Waals surface area contributed by atoms with Crippen molar-refractivity contribution >= 4 is 17.5 Å². The summed E-state index contributed by atoms with van der Waals surface area (Å²) in [5, 5.41) is 3.77. The van der Waals surface area contributed by atoms with Crippen molar-refractivity contribution in [2.24, 2.45) is 11.1 Å². The Morgan fingerprint density at radius 2 is 2.06 bits per heavy atom. The van der Waals surface area contributed by atoms with E-state index in [1.54, 1.807) is 26.0 Å². The molecule has 0 aromatic carbocycles. The van der Waals surface area contributed by atoms with E-state index in [0.717, 1.165) is 0 Å². The van der Waals surface area contributed by atoms with E-state index in [9.17, 15) is 9.59 Å². The molecule has 1 rings (SSSR count). The lowest BCUT2D eigenvalue weighted by molar-refractivity contribution is -0.137. The molecule has 0 unspecified atom stereocenters. The summed E-state index contributed by atoms with van der Waals surface area (Å²) < 4.78 is 0. The molecule has 0 aliphatic heterocycles. The van der Waals surface area contributed by atoms with Crippen molar-refractivity contribution in [3.05, 3.63) is 35.5 Å². The molecular formula is C14H17NO3. The van der Waals surface area contributed by atoms with Crippen LogP contribution in [0.1, 0.15) is 27.7 Å². The smallest absolute Gasteiger partial charge is 0.313 e. The Kier molecular flexibility index (Phi) is 4.77. The van der Waals surface area contributed by atoms with Crippen LogP contribution in [0.5, 0.6) is 0 Å². The van der Waals surface area contributed by atoms with Crippen molar-refractivity contribution in [3.63, 3.8) is 0 Å². The molecule has 0 bridgehead atoms. The molecule has 0 N–H and O–H groups in total. The van der Waals surface area contributed by atoms with E-state index >= 15 is 0 Å². The van der Waals surface area contributed by atoms with Gasteiger partial charge in [-0.3, -0.25) is 4.79 Å². The largest absolute Gasteiger partial charge is 0.358 e. The van der Waals surface area contributed by atoms with Gasteiger partial charge in [0.2, 0.25) is 0 Å². The Hall–Kier alpha value is -1.97. The van der Waals surface area contributed by atoms with Gasteiger partial charge in [-0.2, -0.15) is 0 Å². The molecule has 0 radical (unpaired) electrons. The van der Waals surface area contributed by atoms with Gasteiger partial charge in [0.1, 0.15) is 5.71 Å². The maximum Gasteiger partial charge on any atom is 0.358 e. The maximum atomic E-state index is 11.7. The zero-order valence-electron chi connectivity index (χ0n) is 11.1. The molecule has 96 valence electrons. The van der Waals surface area contributed by atoms with E-state index in [2.05, 4.69) is 5.16 Å². The summed E-state index contributed by atoms with van der Waals surface area (Å²) in [6, 6.07) is 0. The van der Waals surface area contributed by atoms with E-state index in [-0.39, 0.29) is 11.7 Å². The normalized spacial score (nSPS) is 18.3. The van der Waals surface area contributed by atoms with E-state index in [4.69, 9.17) is 4.84 Å². The molecule has 1 aliphatic carbocycles. The Bertz CT molecular complexity index is 479. The van der Waals surface area contributed by atoms with Crippen LogP contribution in [0.2, 0.25) is 0 Å². The zero-order valence-corrected chi connectivity index (χ0v) is 11.1. The minimum absolute atomic E-state index is 0.0127. The number of carbonyl (C=O) groups excluding carboxylic acids is 2. The Morgan fingerprint density at radius 3 is 2.61 bits per heavy atom. The monoisotopic (exact) mass is 247 g/mol. The summed E-state index contributed by atoms with van der Waals surface area (Å²) in [6.45, 7) is 7.34. The highest BCUT2D eigenvalue weighted by molar-refractivity contribution is 6.21. The van der Waals surface area contributed by atoms with Crippen LogP contribution in [0.15, 0.2) is 40.6 Å². The average Bonchev–Trinajstić information content (AvgIpc) is 2.27. The van der Waals surface area contributed by atoms with Gasteiger partial charge in [-0.15, -0.1) is 0 Å². The number of nitrogens with zero attached hydrogens (tertiary/aromatic N) is 1. The van der Waals surface area contributed by atoms with Crippen LogP contribution in [-0.4, -0.2) is 17.5 Å². The minimum atomic E-state index is -0.533. The molecule has 18 heavy (non-hydrogen) atoms. The lowest BCUT2D eigenvalue weighted by Gasteiger charge is -2.14. The Morgan fingerprint density at radius 1 is 1.39 bits per heavy atom. The molecule has 0 spiro atoms. The van der Waals surface area contributed by atoms with E-state index < -0.39 is 5.97 Å². The lowest BCUT2D eigenvalue weighted by Crippen LogP contribution is -2.16. The lowest BCUT2D eigenvalue weighted by atomic mass is 9.90. The fourth-order valence-electron chi connectivity index (χ4n) is 1.50. The molecule has 0 saturated carbocycles. The molecule has 1 aliphatic rings. The van der Waals surface area contributed by atoms with Crippen molar-refractivity contribution < 1.29 is 14.4 Å². The molecule has 0 fully saturated rings. The maximum absolute atomic E-state index is 11.7. The van der Waals surface area contributed by atoms with Crippen LogP contribution in [0, 0.1) is 5.92 Å². The second-order valence-electron chi connectivity index (χ2n) is 4.33. The highest BCUT2D eigenvalue weighted by Gasteiger charge is 2.19. The summed E-state index contributed by atoms with van der Waals surface area (Å²) in [5.41, 5.74) is 1.87. The number of ketones is 1. The number of hydrogen-bond donors (Lipinski definition) is 0. The first-order valence-electron chi connectivity index (χ1n) is 5.82. The van der Waals surface area contributed by atoms with Crippen molar-refractivity contribution in [1.82, 2.24) is 0 Å². The Labute approximate surface area is 107 Å². The SMILES string of the molecule is CC=CC(=O)ON=C1C=C(C(C)C)C(=O)C=C1C. The van der Waals surface area contributed by atoms with Crippen LogP contribution in [0.4, 0.5) is 0 Å². The molecule has 0 aromatic rings. The van der Waals surface area contributed by atoms with Crippen LogP contribution in [0.3, 0.4) is 0 Å². The topological polar surface area (TPSA) is 55.7 Å². The molecular weight excluding hydrogens is 230 g/mol. The fourth-order valence-corrected chi connectivity index (χ4v) is 1.50. The van der Waals surface area contributed by atoms with Crippen LogP contribution in [-0.2, 0) is 14.4 Å². The fraction of sp³-hybridized carbons (Fsp3) is 0.357. The van der Waals surface area contributed by atoms with Gasteiger partial charge in [-0.05, 0) is 37.5 Å². The van der Waals surface area contributed by atoms with Gasteiger partial charge in [0, 0.05) is 11.6 Å². The molecule has 4 nitrogen and oxygen atoms in total. The summed E-state index contributed by atoms with van der Waals surface area (Å²) >= 11 is 0. The van der Waals surface area contributed by atoms with E-state index in [1.807, 2.05) is 13.8 Å². The first-order chi connectivity index (χ1) is 8.45. The molecule has 4 heteroatoms. The molecule has 0 saturated heterocycles. The predicted octanol–water partition coefficient (Wildman–Crippen LogP) is 2.57. The Balaban J connectivity index is 2.93. The molecule has 0 heterocycles. The number of rotatable bonds is 3. The summed E-state index contributed by atoms with van der Waals surface area (Å²) in [4.78, 5) is 27.6. The van der Waals surface area contributed by atoms with Gasteiger partial charge in [0.05, 0.1) is 0 Å². The third-order valence-electron chi connectivity index (χ3n) is 2.49. The molecule has 0 amide bonds. The standard InChI is InChI=1S/C14H17NO3/c1-5-6-14(17)18-15-12-8-11(9(2)3)13(16)7-10(12)4/h5-9H,1-4H3. The second-order valence-corrected chi connectivity index (χ2v) is 4.33.